The van der Waals surface area contributed by atoms with Gasteiger partial charge in [-0.2, -0.15) is 0 Å². The maximum Gasteiger partial charge on any atom is 0.0945 e. The Bertz CT molecular complexity index is 482. The highest BCUT2D eigenvalue weighted by atomic mass is 32.2. The number of hydrogen-bond donors (Lipinski definition) is 2. The van der Waals surface area contributed by atoms with Crippen LogP contribution in [0.4, 0.5) is 0 Å². The summed E-state index contributed by atoms with van der Waals surface area (Å²) in [7, 11) is -1.30. The van der Waals surface area contributed by atoms with E-state index in [2.05, 4.69) is 6.92 Å². The molecule has 132 valence electrons. The summed E-state index contributed by atoms with van der Waals surface area (Å²) in [4.78, 5) is 0.695. The van der Waals surface area contributed by atoms with Crippen molar-refractivity contribution in [3.05, 3.63) is 29.8 Å². The van der Waals surface area contributed by atoms with E-state index in [1.54, 1.807) is 6.92 Å². The lowest BCUT2D eigenvalue weighted by Gasteiger charge is -2.35. The van der Waals surface area contributed by atoms with Crippen molar-refractivity contribution in [3.8, 4) is 0 Å². The van der Waals surface area contributed by atoms with Crippen LogP contribution in [0.5, 0.6) is 0 Å². The number of aliphatic hydroxyl groups is 2. The Balaban J connectivity index is 2.57. The molecule has 0 amide bonds. The summed E-state index contributed by atoms with van der Waals surface area (Å²) in [5.74, 6) is 0.0411. The molecular weight excluding hydrogens is 308 g/mol. The molecule has 1 aromatic carbocycles. The molecule has 0 saturated carbocycles. The van der Waals surface area contributed by atoms with Crippen molar-refractivity contribution in [2.75, 3.05) is 5.75 Å². The standard InChI is InChI=1S/C19H32O3S/c1-5-6-7-8-9-16(3)19(4,21)18(20)14-23(22)17-12-10-15(2)11-13-17/h10-13,16,18,20-21H,5-9,14H2,1-4H3/t16-,18-,19-,23+/m0/s1. The predicted octanol–water partition coefficient (Wildman–Crippen LogP) is 3.82. The van der Waals surface area contributed by atoms with Crippen LogP contribution < -0.4 is 0 Å². The molecular formula is C19H32O3S. The van der Waals surface area contributed by atoms with E-state index in [4.69, 9.17) is 0 Å². The Labute approximate surface area is 143 Å². The van der Waals surface area contributed by atoms with Gasteiger partial charge < -0.3 is 10.2 Å². The Kier molecular flexibility index (Phi) is 8.45. The SMILES string of the molecule is CCCCCC[C@H](C)[C@](C)(O)[C@@H](O)C[S@@](=O)c1ccc(C)cc1. The molecule has 0 aliphatic carbocycles. The van der Waals surface area contributed by atoms with Gasteiger partial charge in [0.2, 0.25) is 0 Å². The summed E-state index contributed by atoms with van der Waals surface area (Å²) in [6.07, 6.45) is 4.48. The van der Waals surface area contributed by atoms with Gasteiger partial charge in [0.25, 0.3) is 0 Å². The third-order valence-corrected chi connectivity index (χ3v) is 6.17. The molecule has 4 atom stereocenters. The van der Waals surface area contributed by atoms with Gasteiger partial charge in [-0.3, -0.25) is 4.21 Å². The quantitative estimate of drug-likeness (QED) is 0.637. The van der Waals surface area contributed by atoms with E-state index in [9.17, 15) is 14.4 Å². The largest absolute Gasteiger partial charge is 0.389 e. The third kappa shape index (κ3) is 6.36. The topological polar surface area (TPSA) is 57.5 Å². The van der Waals surface area contributed by atoms with E-state index >= 15 is 0 Å². The van der Waals surface area contributed by atoms with Crippen LogP contribution in [0.25, 0.3) is 0 Å². The van der Waals surface area contributed by atoms with E-state index in [-0.39, 0.29) is 11.7 Å². The molecule has 0 unspecified atom stereocenters. The van der Waals surface area contributed by atoms with E-state index < -0.39 is 22.5 Å². The second-order valence-electron chi connectivity index (χ2n) is 6.82. The van der Waals surface area contributed by atoms with E-state index in [0.29, 0.717) is 4.90 Å². The third-order valence-electron chi connectivity index (χ3n) is 4.76. The molecule has 1 rings (SSSR count). The molecule has 3 nitrogen and oxygen atoms in total. The maximum atomic E-state index is 12.4. The van der Waals surface area contributed by atoms with Gasteiger partial charge in [-0.05, 0) is 38.3 Å². The van der Waals surface area contributed by atoms with Crippen LogP contribution in [0.2, 0.25) is 0 Å². The molecule has 0 aliphatic heterocycles. The van der Waals surface area contributed by atoms with Gasteiger partial charge in [0.1, 0.15) is 0 Å². The minimum absolute atomic E-state index is 0.0237. The molecule has 0 aromatic heterocycles. The molecule has 0 aliphatic rings. The van der Waals surface area contributed by atoms with E-state index in [0.717, 1.165) is 24.8 Å². The molecule has 0 heterocycles. The smallest absolute Gasteiger partial charge is 0.0945 e. The van der Waals surface area contributed by atoms with Crippen molar-refractivity contribution >= 4 is 10.8 Å². The zero-order chi connectivity index (χ0) is 17.5. The fourth-order valence-corrected chi connectivity index (χ4v) is 3.85. The van der Waals surface area contributed by atoms with Gasteiger partial charge in [-0.1, -0.05) is 57.2 Å². The lowest BCUT2D eigenvalue weighted by Crippen LogP contribution is -2.47. The first kappa shape index (κ1) is 20.3. The van der Waals surface area contributed by atoms with E-state index in [1.807, 2.05) is 38.1 Å². The number of benzene rings is 1. The minimum Gasteiger partial charge on any atom is -0.389 e. The Morgan fingerprint density at radius 1 is 1.17 bits per heavy atom. The van der Waals surface area contributed by atoms with Gasteiger partial charge in [-0.15, -0.1) is 0 Å². The van der Waals surface area contributed by atoms with Crippen LogP contribution in [0.1, 0.15) is 58.4 Å². The van der Waals surface area contributed by atoms with Crippen molar-refractivity contribution in [1.29, 1.82) is 0 Å². The molecule has 23 heavy (non-hydrogen) atoms. The molecule has 0 radical (unpaired) electrons. The highest BCUT2D eigenvalue weighted by Crippen LogP contribution is 2.27. The zero-order valence-corrected chi connectivity index (χ0v) is 15.7. The number of aliphatic hydroxyl groups excluding tert-OH is 1. The Morgan fingerprint density at radius 2 is 1.78 bits per heavy atom. The molecule has 0 fully saturated rings. The van der Waals surface area contributed by atoms with Gasteiger partial charge in [0.05, 0.1) is 28.3 Å². The first-order valence-electron chi connectivity index (χ1n) is 8.64. The summed E-state index contributed by atoms with van der Waals surface area (Å²) in [5, 5.41) is 21.1. The highest BCUT2D eigenvalue weighted by Gasteiger charge is 2.36. The second kappa shape index (κ2) is 9.55. The van der Waals surface area contributed by atoms with Crippen molar-refractivity contribution in [1.82, 2.24) is 0 Å². The van der Waals surface area contributed by atoms with Crippen molar-refractivity contribution in [2.24, 2.45) is 5.92 Å². The number of aryl methyl sites for hydroxylation is 1. The lowest BCUT2D eigenvalue weighted by atomic mass is 9.83. The van der Waals surface area contributed by atoms with Crippen molar-refractivity contribution in [2.45, 2.75) is 76.4 Å². The minimum atomic E-state index is -1.30. The average Bonchev–Trinajstić information content (AvgIpc) is 2.51. The predicted molar refractivity (Wildman–Crippen MR) is 97.0 cm³/mol. The fraction of sp³-hybridized carbons (Fsp3) is 0.684. The summed E-state index contributed by atoms with van der Waals surface area (Å²) in [6, 6.07) is 7.46. The summed E-state index contributed by atoms with van der Waals surface area (Å²) < 4.78 is 12.4. The monoisotopic (exact) mass is 340 g/mol. The second-order valence-corrected chi connectivity index (χ2v) is 8.31. The van der Waals surface area contributed by atoms with E-state index in [1.165, 1.54) is 12.8 Å². The first-order valence-corrected chi connectivity index (χ1v) is 9.96. The van der Waals surface area contributed by atoms with Crippen LogP contribution in [-0.4, -0.2) is 31.9 Å². The zero-order valence-electron chi connectivity index (χ0n) is 14.9. The van der Waals surface area contributed by atoms with Crippen LogP contribution >= 0.6 is 0 Å². The normalized spacial score (nSPS) is 18.2. The molecule has 0 bridgehead atoms. The van der Waals surface area contributed by atoms with Gasteiger partial charge in [-0.25, -0.2) is 0 Å². The average molecular weight is 341 g/mol. The van der Waals surface area contributed by atoms with Gasteiger partial charge in [0.15, 0.2) is 0 Å². The number of hydrogen-bond acceptors (Lipinski definition) is 3. The maximum absolute atomic E-state index is 12.4. The summed E-state index contributed by atoms with van der Waals surface area (Å²) >= 11 is 0. The highest BCUT2D eigenvalue weighted by molar-refractivity contribution is 7.85. The Hall–Kier alpha value is -0.710. The van der Waals surface area contributed by atoms with Crippen LogP contribution in [0.15, 0.2) is 29.2 Å². The molecule has 4 heteroatoms. The summed E-state index contributed by atoms with van der Waals surface area (Å²) in [5.41, 5.74) is -0.106. The lowest BCUT2D eigenvalue weighted by molar-refractivity contribution is -0.0884. The van der Waals surface area contributed by atoms with Gasteiger partial charge in [0, 0.05) is 4.90 Å². The summed E-state index contributed by atoms with van der Waals surface area (Å²) in [6.45, 7) is 7.77. The van der Waals surface area contributed by atoms with Crippen LogP contribution in [0.3, 0.4) is 0 Å². The molecule has 0 spiro atoms. The first-order chi connectivity index (χ1) is 10.8. The number of rotatable bonds is 10. The molecule has 2 N–H and O–H groups in total. The molecule has 0 saturated heterocycles. The molecule has 1 aromatic rings. The van der Waals surface area contributed by atoms with Crippen molar-refractivity contribution < 1.29 is 14.4 Å². The number of unbranched alkanes of at least 4 members (excludes halogenated alkanes) is 3. The Morgan fingerprint density at radius 3 is 2.35 bits per heavy atom. The van der Waals surface area contributed by atoms with Gasteiger partial charge >= 0.3 is 0 Å². The van der Waals surface area contributed by atoms with Crippen molar-refractivity contribution in [3.63, 3.8) is 0 Å². The fourth-order valence-electron chi connectivity index (χ4n) is 2.60. The van der Waals surface area contributed by atoms with Crippen LogP contribution in [-0.2, 0) is 10.8 Å². The van der Waals surface area contributed by atoms with Crippen LogP contribution in [0, 0.1) is 12.8 Å².